The second-order valence-corrected chi connectivity index (χ2v) is 6.00. The molecule has 1 heterocycles. The van der Waals surface area contributed by atoms with Gasteiger partial charge in [0.25, 0.3) is 0 Å². The zero-order valence-electron chi connectivity index (χ0n) is 13.3. The zero-order valence-corrected chi connectivity index (χ0v) is 13.3. The van der Waals surface area contributed by atoms with Crippen LogP contribution in [0.3, 0.4) is 0 Å². The van der Waals surface area contributed by atoms with Crippen LogP contribution in [0.5, 0.6) is 5.88 Å². The summed E-state index contributed by atoms with van der Waals surface area (Å²) < 4.78 is 7.26. The van der Waals surface area contributed by atoms with Crippen molar-refractivity contribution in [3.63, 3.8) is 0 Å². The van der Waals surface area contributed by atoms with Crippen LogP contribution in [0, 0.1) is 16.0 Å². The van der Waals surface area contributed by atoms with E-state index in [2.05, 4.69) is 12.0 Å². The Balaban J connectivity index is 2.28. The summed E-state index contributed by atoms with van der Waals surface area (Å²) in [5.41, 5.74) is 0.627. The molecule has 0 aromatic carbocycles. The highest BCUT2D eigenvalue weighted by Gasteiger charge is 2.32. The lowest BCUT2D eigenvalue weighted by Crippen LogP contribution is -2.19. The molecule has 1 N–H and O–H groups in total. The SMILES string of the molecule is CCc1c([N+](=O)[O-])c(OCCCO)nn1C1CCC(C)CC1. The fraction of sp³-hybridized carbons (Fsp3) is 0.800. The number of nitro groups is 1. The molecule has 2 rings (SSSR count). The van der Waals surface area contributed by atoms with Crippen molar-refractivity contribution in [1.29, 1.82) is 0 Å². The minimum absolute atomic E-state index is 0.00431. The van der Waals surface area contributed by atoms with Gasteiger partial charge in [0, 0.05) is 13.0 Å². The van der Waals surface area contributed by atoms with Gasteiger partial charge >= 0.3 is 11.6 Å². The van der Waals surface area contributed by atoms with E-state index in [9.17, 15) is 10.1 Å². The second kappa shape index (κ2) is 7.58. The van der Waals surface area contributed by atoms with Crippen LogP contribution in [-0.2, 0) is 6.42 Å². The molecule has 0 atom stereocenters. The summed E-state index contributed by atoms with van der Waals surface area (Å²) >= 11 is 0. The molecule has 22 heavy (non-hydrogen) atoms. The smallest absolute Gasteiger partial charge is 0.353 e. The van der Waals surface area contributed by atoms with Gasteiger partial charge in [0.15, 0.2) is 0 Å². The Labute approximate surface area is 130 Å². The summed E-state index contributed by atoms with van der Waals surface area (Å²) in [6, 6.07) is 0.222. The van der Waals surface area contributed by atoms with Crippen molar-refractivity contribution in [3.05, 3.63) is 15.8 Å². The van der Waals surface area contributed by atoms with Crippen LogP contribution in [0.1, 0.15) is 57.7 Å². The molecule has 7 nitrogen and oxygen atoms in total. The van der Waals surface area contributed by atoms with Gasteiger partial charge in [0.05, 0.1) is 17.6 Å². The van der Waals surface area contributed by atoms with Crippen LogP contribution >= 0.6 is 0 Å². The highest BCUT2D eigenvalue weighted by molar-refractivity contribution is 5.46. The third-order valence-electron chi connectivity index (χ3n) is 4.34. The van der Waals surface area contributed by atoms with E-state index in [0.717, 1.165) is 25.7 Å². The quantitative estimate of drug-likeness (QED) is 0.475. The van der Waals surface area contributed by atoms with E-state index in [0.29, 0.717) is 24.5 Å². The first-order valence-corrected chi connectivity index (χ1v) is 8.07. The molecule has 0 radical (unpaired) electrons. The molecule has 1 aromatic rings. The fourth-order valence-electron chi connectivity index (χ4n) is 3.07. The molecular weight excluding hydrogens is 286 g/mol. The Morgan fingerprint density at radius 3 is 2.64 bits per heavy atom. The molecule has 7 heteroatoms. The first-order valence-electron chi connectivity index (χ1n) is 8.07. The van der Waals surface area contributed by atoms with Crippen LogP contribution in [0.4, 0.5) is 5.69 Å². The molecule has 0 amide bonds. The largest absolute Gasteiger partial charge is 0.472 e. The third-order valence-corrected chi connectivity index (χ3v) is 4.34. The first kappa shape index (κ1) is 16.7. The summed E-state index contributed by atoms with van der Waals surface area (Å²) in [6.07, 6.45) is 5.25. The van der Waals surface area contributed by atoms with Crippen LogP contribution in [0.25, 0.3) is 0 Å². The number of nitrogens with zero attached hydrogens (tertiary/aromatic N) is 3. The summed E-state index contributed by atoms with van der Waals surface area (Å²) in [7, 11) is 0. The lowest BCUT2D eigenvalue weighted by Gasteiger charge is -2.27. The summed E-state index contributed by atoms with van der Waals surface area (Å²) in [5, 5.41) is 24.6. The monoisotopic (exact) mass is 311 g/mol. The molecule has 1 aliphatic carbocycles. The minimum atomic E-state index is -0.401. The van der Waals surface area contributed by atoms with Crippen LogP contribution in [0.2, 0.25) is 0 Å². The Kier molecular flexibility index (Phi) is 5.76. The predicted octanol–water partition coefficient (Wildman–Crippen LogP) is 2.87. The van der Waals surface area contributed by atoms with E-state index in [1.807, 2.05) is 11.6 Å². The van der Waals surface area contributed by atoms with Gasteiger partial charge in [0.2, 0.25) is 0 Å². The maximum absolute atomic E-state index is 11.4. The Bertz CT molecular complexity index is 507. The number of aliphatic hydroxyl groups is 1. The van der Waals surface area contributed by atoms with E-state index in [1.54, 1.807) is 0 Å². The Morgan fingerprint density at radius 1 is 1.41 bits per heavy atom. The molecule has 124 valence electrons. The van der Waals surface area contributed by atoms with Gasteiger partial charge in [-0.25, -0.2) is 0 Å². The number of hydrogen-bond acceptors (Lipinski definition) is 5. The van der Waals surface area contributed by atoms with Crippen molar-refractivity contribution in [3.8, 4) is 5.88 Å². The molecular formula is C15H25N3O4. The Morgan fingerprint density at radius 2 is 2.09 bits per heavy atom. The van der Waals surface area contributed by atoms with Crippen LogP contribution in [-0.4, -0.2) is 33.0 Å². The van der Waals surface area contributed by atoms with E-state index < -0.39 is 4.92 Å². The van der Waals surface area contributed by atoms with Gasteiger partial charge in [-0.1, -0.05) is 13.8 Å². The molecule has 0 bridgehead atoms. The number of aliphatic hydroxyl groups excluding tert-OH is 1. The number of ether oxygens (including phenoxy) is 1. The van der Waals surface area contributed by atoms with Crippen molar-refractivity contribution in [1.82, 2.24) is 9.78 Å². The zero-order chi connectivity index (χ0) is 16.1. The van der Waals surface area contributed by atoms with Crippen molar-refractivity contribution in [2.45, 2.75) is 58.4 Å². The van der Waals surface area contributed by atoms with Gasteiger partial charge < -0.3 is 9.84 Å². The predicted molar refractivity (Wildman–Crippen MR) is 82.1 cm³/mol. The highest BCUT2D eigenvalue weighted by atomic mass is 16.6. The second-order valence-electron chi connectivity index (χ2n) is 6.00. The molecule has 0 aliphatic heterocycles. The molecule has 0 spiro atoms. The summed E-state index contributed by atoms with van der Waals surface area (Å²) in [6.45, 7) is 4.38. The average molecular weight is 311 g/mol. The van der Waals surface area contributed by atoms with E-state index in [4.69, 9.17) is 9.84 Å². The molecule has 1 aromatic heterocycles. The standard InChI is InChI=1S/C15H25N3O4/c1-3-13-14(18(20)21)15(22-10-4-9-19)16-17(13)12-7-5-11(2)6-8-12/h11-12,19H,3-10H2,1-2H3. The topological polar surface area (TPSA) is 90.4 Å². The lowest BCUT2D eigenvalue weighted by molar-refractivity contribution is -0.386. The molecule has 1 saturated carbocycles. The molecule has 0 unspecified atom stereocenters. The number of aromatic nitrogens is 2. The normalized spacial score (nSPS) is 21.8. The minimum Gasteiger partial charge on any atom is -0.472 e. The van der Waals surface area contributed by atoms with Gasteiger partial charge in [0.1, 0.15) is 5.69 Å². The van der Waals surface area contributed by atoms with Crippen LogP contribution in [0.15, 0.2) is 0 Å². The van der Waals surface area contributed by atoms with Gasteiger partial charge in [-0.05, 0) is 38.0 Å². The first-order chi connectivity index (χ1) is 10.6. The van der Waals surface area contributed by atoms with E-state index in [1.165, 1.54) is 0 Å². The highest BCUT2D eigenvalue weighted by Crippen LogP contribution is 2.38. The van der Waals surface area contributed by atoms with E-state index in [-0.39, 0.29) is 30.8 Å². The van der Waals surface area contributed by atoms with Gasteiger partial charge in [-0.15, -0.1) is 5.10 Å². The van der Waals surface area contributed by atoms with Crippen LogP contribution < -0.4 is 4.74 Å². The molecule has 1 fully saturated rings. The maximum atomic E-state index is 11.4. The summed E-state index contributed by atoms with van der Waals surface area (Å²) in [5.74, 6) is 0.807. The number of rotatable bonds is 7. The Hall–Kier alpha value is -1.63. The van der Waals surface area contributed by atoms with Gasteiger partial charge in [-0.2, -0.15) is 0 Å². The lowest BCUT2D eigenvalue weighted by atomic mass is 9.87. The van der Waals surface area contributed by atoms with Crippen molar-refractivity contribution >= 4 is 5.69 Å². The van der Waals surface area contributed by atoms with Gasteiger partial charge in [-0.3, -0.25) is 14.8 Å². The molecule has 1 aliphatic rings. The summed E-state index contributed by atoms with van der Waals surface area (Å²) in [4.78, 5) is 11.0. The van der Waals surface area contributed by atoms with Crippen molar-refractivity contribution in [2.75, 3.05) is 13.2 Å². The van der Waals surface area contributed by atoms with Crippen molar-refractivity contribution in [2.24, 2.45) is 5.92 Å². The van der Waals surface area contributed by atoms with E-state index >= 15 is 0 Å². The fourth-order valence-corrected chi connectivity index (χ4v) is 3.07. The average Bonchev–Trinajstić information content (AvgIpc) is 2.87. The van der Waals surface area contributed by atoms with Crippen molar-refractivity contribution < 1.29 is 14.8 Å². The maximum Gasteiger partial charge on any atom is 0.353 e. The number of hydrogen-bond donors (Lipinski definition) is 1. The third kappa shape index (κ3) is 3.58. The molecule has 0 saturated heterocycles.